The van der Waals surface area contributed by atoms with Gasteiger partial charge in [0.15, 0.2) is 14.9 Å². The molecule has 0 aromatic carbocycles. The summed E-state index contributed by atoms with van der Waals surface area (Å²) < 4.78 is 45.9. The van der Waals surface area contributed by atoms with Crippen LogP contribution in [0.1, 0.15) is 34.1 Å². The summed E-state index contributed by atoms with van der Waals surface area (Å²) in [6.07, 6.45) is 3.13. The lowest BCUT2D eigenvalue weighted by molar-refractivity contribution is 0.556. The minimum absolute atomic E-state index is 0.0364. The lowest BCUT2D eigenvalue weighted by Gasteiger charge is -2.19. The Balaban J connectivity index is 2.78. The number of pyridine rings is 1. The summed E-state index contributed by atoms with van der Waals surface area (Å²) in [7, 11) is -6.46. The Bertz CT molecular complexity index is 702. The lowest BCUT2D eigenvalue weighted by Crippen LogP contribution is -2.28. The first kappa shape index (κ1) is 18.9. The van der Waals surface area contributed by atoms with Gasteiger partial charge in [0.1, 0.15) is 9.84 Å². The van der Waals surface area contributed by atoms with Gasteiger partial charge in [-0.15, -0.1) is 0 Å². The highest BCUT2D eigenvalue weighted by atomic mass is 32.2. The van der Waals surface area contributed by atoms with Crippen LogP contribution in [0.5, 0.6) is 0 Å². The predicted octanol–water partition coefficient (Wildman–Crippen LogP) is 1.89. The van der Waals surface area contributed by atoms with E-state index < -0.39 is 24.4 Å². The number of hydrogen-bond acceptors (Lipinski definition) is 6. The van der Waals surface area contributed by atoms with Crippen molar-refractivity contribution < 1.29 is 16.8 Å². The lowest BCUT2D eigenvalue weighted by atomic mass is 10.2. The average Bonchev–Trinajstić information content (AvgIpc) is 2.35. The predicted molar refractivity (Wildman–Crippen MR) is 88.6 cm³/mol. The zero-order valence-corrected chi connectivity index (χ0v) is 15.3. The maximum atomic E-state index is 12.3. The van der Waals surface area contributed by atoms with Gasteiger partial charge in [0, 0.05) is 12.3 Å². The van der Waals surface area contributed by atoms with E-state index in [1.165, 1.54) is 18.5 Å². The Labute approximate surface area is 133 Å². The molecule has 0 saturated heterocycles. The summed E-state index contributed by atoms with van der Waals surface area (Å²) in [4.78, 5) is 4.01. The van der Waals surface area contributed by atoms with E-state index in [9.17, 15) is 16.8 Å². The molecule has 1 aromatic heterocycles. The molecule has 22 heavy (non-hydrogen) atoms. The molecule has 8 heteroatoms. The Morgan fingerprint density at radius 1 is 1.18 bits per heavy atom. The Kier molecular flexibility index (Phi) is 5.61. The molecule has 1 unspecified atom stereocenters. The maximum Gasteiger partial charge on any atom is 0.200 e. The first-order chi connectivity index (χ1) is 9.83. The smallest absolute Gasteiger partial charge is 0.200 e. The van der Waals surface area contributed by atoms with E-state index in [4.69, 9.17) is 0 Å². The molecule has 1 rings (SSSR count). The maximum absolute atomic E-state index is 12.3. The number of nitrogens with zero attached hydrogens (tertiary/aromatic N) is 1. The standard InChI is InChI=1S/C14H24N2O4S2/c1-11(8-9-21(5,17)18)16-12-6-7-13(15-10-12)22(19,20)14(2,3)4/h6-7,10-11,16H,8-9H2,1-5H3. The fourth-order valence-electron chi connectivity index (χ4n) is 1.69. The molecule has 1 heterocycles. The van der Waals surface area contributed by atoms with Gasteiger partial charge in [-0.05, 0) is 46.2 Å². The average molecular weight is 348 g/mol. The van der Waals surface area contributed by atoms with Gasteiger partial charge in [0.25, 0.3) is 0 Å². The quantitative estimate of drug-likeness (QED) is 0.844. The SMILES string of the molecule is CC(CCS(C)(=O)=O)Nc1ccc(S(=O)(=O)C(C)(C)C)nc1. The second-order valence-electron chi connectivity index (χ2n) is 6.46. The molecule has 0 aliphatic carbocycles. The van der Waals surface area contributed by atoms with Crippen molar-refractivity contribution >= 4 is 25.4 Å². The summed E-state index contributed by atoms with van der Waals surface area (Å²) in [5.41, 5.74) is 0.661. The number of nitrogens with one attached hydrogen (secondary N) is 1. The third-order valence-corrected chi connectivity index (χ3v) is 6.53. The molecule has 0 amide bonds. The van der Waals surface area contributed by atoms with Crippen LogP contribution < -0.4 is 5.32 Å². The van der Waals surface area contributed by atoms with Crippen molar-refractivity contribution in [2.45, 2.75) is 49.9 Å². The van der Waals surface area contributed by atoms with Crippen LogP contribution in [0.2, 0.25) is 0 Å². The third-order valence-electron chi connectivity index (χ3n) is 3.15. The number of sulfone groups is 2. The van der Waals surface area contributed by atoms with Gasteiger partial charge in [0.2, 0.25) is 0 Å². The van der Waals surface area contributed by atoms with E-state index in [1.807, 2.05) is 6.92 Å². The van der Waals surface area contributed by atoms with Gasteiger partial charge >= 0.3 is 0 Å². The summed E-state index contributed by atoms with van der Waals surface area (Å²) in [6.45, 7) is 6.75. The van der Waals surface area contributed by atoms with Gasteiger partial charge in [-0.2, -0.15) is 0 Å². The second-order valence-corrected chi connectivity index (χ2v) is 11.4. The van der Waals surface area contributed by atoms with E-state index in [-0.39, 0.29) is 16.8 Å². The van der Waals surface area contributed by atoms with Crippen molar-refractivity contribution in [2.75, 3.05) is 17.3 Å². The fourth-order valence-corrected chi connectivity index (χ4v) is 3.53. The number of anilines is 1. The summed E-state index contributed by atoms with van der Waals surface area (Å²) in [5, 5.41) is 3.15. The molecule has 0 radical (unpaired) electrons. The van der Waals surface area contributed by atoms with Crippen molar-refractivity contribution in [1.82, 2.24) is 4.98 Å². The van der Waals surface area contributed by atoms with Crippen molar-refractivity contribution in [1.29, 1.82) is 0 Å². The Morgan fingerprint density at radius 2 is 1.77 bits per heavy atom. The number of aromatic nitrogens is 1. The highest BCUT2D eigenvalue weighted by Crippen LogP contribution is 2.24. The van der Waals surface area contributed by atoms with Crippen molar-refractivity contribution in [2.24, 2.45) is 0 Å². The van der Waals surface area contributed by atoms with E-state index in [0.717, 1.165) is 0 Å². The van der Waals surface area contributed by atoms with E-state index in [2.05, 4.69) is 10.3 Å². The Morgan fingerprint density at radius 3 is 2.18 bits per heavy atom. The topological polar surface area (TPSA) is 93.2 Å². The normalized spacial score (nSPS) is 14.6. The molecule has 126 valence electrons. The van der Waals surface area contributed by atoms with Gasteiger partial charge in [0.05, 0.1) is 22.4 Å². The van der Waals surface area contributed by atoms with Crippen LogP contribution in [0.3, 0.4) is 0 Å². The first-order valence-corrected chi connectivity index (χ1v) is 10.5. The van der Waals surface area contributed by atoms with Crippen LogP contribution in [0, 0.1) is 0 Å². The molecule has 0 aliphatic rings. The second kappa shape index (κ2) is 6.54. The molecule has 0 fully saturated rings. The van der Waals surface area contributed by atoms with E-state index >= 15 is 0 Å². The molecule has 1 atom stereocenters. The largest absolute Gasteiger partial charge is 0.381 e. The number of hydrogen-bond donors (Lipinski definition) is 1. The zero-order valence-electron chi connectivity index (χ0n) is 13.6. The van der Waals surface area contributed by atoms with Crippen LogP contribution in [0.4, 0.5) is 5.69 Å². The minimum Gasteiger partial charge on any atom is -0.381 e. The van der Waals surface area contributed by atoms with Crippen molar-refractivity contribution in [3.05, 3.63) is 18.3 Å². The molecule has 0 aliphatic heterocycles. The van der Waals surface area contributed by atoms with Gasteiger partial charge < -0.3 is 5.32 Å². The van der Waals surface area contributed by atoms with Crippen molar-refractivity contribution in [3.63, 3.8) is 0 Å². The van der Waals surface area contributed by atoms with Crippen LogP contribution in [0.25, 0.3) is 0 Å². The first-order valence-electron chi connectivity index (χ1n) is 6.98. The molecule has 1 N–H and O–H groups in total. The molecule has 0 spiro atoms. The molecule has 1 aromatic rings. The molecular weight excluding hydrogens is 324 g/mol. The molecule has 0 bridgehead atoms. The van der Waals surface area contributed by atoms with Crippen LogP contribution >= 0.6 is 0 Å². The molecular formula is C14H24N2O4S2. The van der Waals surface area contributed by atoms with Gasteiger partial charge in [-0.1, -0.05) is 0 Å². The van der Waals surface area contributed by atoms with Gasteiger partial charge in [-0.25, -0.2) is 21.8 Å². The van der Waals surface area contributed by atoms with Crippen LogP contribution in [-0.2, 0) is 19.7 Å². The minimum atomic E-state index is -3.47. The summed E-state index contributed by atoms with van der Waals surface area (Å²) in [5.74, 6) is 0.102. The van der Waals surface area contributed by atoms with E-state index in [0.29, 0.717) is 12.1 Å². The molecule has 0 saturated carbocycles. The van der Waals surface area contributed by atoms with Crippen LogP contribution in [-0.4, -0.2) is 44.6 Å². The highest BCUT2D eigenvalue weighted by Gasteiger charge is 2.31. The van der Waals surface area contributed by atoms with Gasteiger partial charge in [-0.3, -0.25) is 0 Å². The monoisotopic (exact) mass is 348 g/mol. The van der Waals surface area contributed by atoms with Crippen LogP contribution in [0.15, 0.2) is 23.4 Å². The summed E-state index contributed by atoms with van der Waals surface area (Å²) in [6, 6.07) is 3.05. The highest BCUT2D eigenvalue weighted by molar-refractivity contribution is 7.92. The zero-order chi connectivity index (χ0) is 17.2. The van der Waals surface area contributed by atoms with E-state index in [1.54, 1.807) is 26.8 Å². The van der Waals surface area contributed by atoms with Crippen molar-refractivity contribution in [3.8, 4) is 0 Å². The molecule has 6 nitrogen and oxygen atoms in total. The third kappa shape index (κ3) is 5.24. The Hall–Kier alpha value is -1.15. The summed E-state index contributed by atoms with van der Waals surface area (Å²) >= 11 is 0. The fraction of sp³-hybridized carbons (Fsp3) is 0.643. The number of rotatable bonds is 6.